The van der Waals surface area contributed by atoms with Gasteiger partial charge in [0.25, 0.3) is 0 Å². The Morgan fingerprint density at radius 3 is 2.38 bits per heavy atom. The molecule has 2 atom stereocenters. The lowest BCUT2D eigenvalue weighted by molar-refractivity contribution is 0.0452. The molecule has 4 heteroatoms. The molecule has 1 aliphatic heterocycles. The Kier molecular flexibility index (Phi) is 4.22. The molecule has 1 aliphatic carbocycles. The molecule has 2 aromatic rings. The van der Waals surface area contributed by atoms with Gasteiger partial charge >= 0.3 is 6.09 Å². The van der Waals surface area contributed by atoms with Gasteiger partial charge in [-0.15, -0.1) is 0 Å². The topological polar surface area (TPSA) is 50.4 Å². The van der Waals surface area contributed by atoms with Crippen LogP contribution in [0.1, 0.15) is 12.8 Å². The third-order valence-corrected chi connectivity index (χ3v) is 5.14. The summed E-state index contributed by atoms with van der Waals surface area (Å²) in [5, 5.41) is 6.36. The van der Waals surface area contributed by atoms with Crippen LogP contribution in [0.25, 0.3) is 11.1 Å². The maximum Gasteiger partial charge on any atom is 0.411 e. The van der Waals surface area contributed by atoms with Crippen molar-refractivity contribution in [3.05, 3.63) is 54.6 Å². The highest BCUT2D eigenvalue weighted by Crippen LogP contribution is 2.36. The number of carbonyl (C=O) groups excluding carboxylic acids is 1. The van der Waals surface area contributed by atoms with Crippen LogP contribution in [0.3, 0.4) is 0 Å². The summed E-state index contributed by atoms with van der Waals surface area (Å²) in [5.41, 5.74) is 2.87. The van der Waals surface area contributed by atoms with Gasteiger partial charge in [0.2, 0.25) is 0 Å². The van der Waals surface area contributed by atoms with E-state index in [2.05, 4.69) is 10.6 Å². The Bertz CT molecular complexity index is 701. The van der Waals surface area contributed by atoms with Crippen LogP contribution in [0.15, 0.2) is 54.6 Å². The zero-order valence-electron chi connectivity index (χ0n) is 13.6. The minimum atomic E-state index is -0.345. The van der Waals surface area contributed by atoms with Gasteiger partial charge in [0.05, 0.1) is 5.69 Å². The van der Waals surface area contributed by atoms with Crippen molar-refractivity contribution in [2.75, 3.05) is 18.4 Å². The third kappa shape index (κ3) is 3.02. The molecule has 1 saturated heterocycles. The van der Waals surface area contributed by atoms with Gasteiger partial charge in [-0.25, -0.2) is 4.79 Å². The molecule has 4 nitrogen and oxygen atoms in total. The molecule has 1 saturated carbocycles. The molecule has 2 fully saturated rings. The number of amides is 1. The summed E-state index contributed by atoms with van der Waals surface area (Å²) in [6.45, 7) is 1.91. The number of nitrogens with one attached hydrogen (secondary N) is 2. The van der Waals surface area contributed by atoms with Crippen molar-refractivity contribution in [2.45, 2.75) is 18.9 Å². The van der Waals surface area contributed by atoms with E-state index in [0.717, 1.165) is 42.7 Å². The fraction of sp³-hybridized carbons (Fsp3) is 0.350. The fourth-order valence-electron chi connectivity index (χ4n) is 3.95. The van der Waals surface area contributed by atoms with E-state index in [4.69, 9.17) is 4.74 Å². The van der Waals surface area contributed by atoms with Gasteiger partial charge in [0.1, 0.15) is 6.10 Å². The van der Waals surface area contributed by atoms with Crippen molar-refractivity contribution in [3.8, 4) is 11.1 Å². The first kappa shape index (κ1) is 15.2. The second kappa shape index (κ2) is 6.65. The van der Waals surface area contributed by atoms with Crippen LogP contribution in [0.5, 0.6) is 0 Å². The van der Waals surface area contributed by atoms with Crippen molar-refractivity contribution >= 4 is 11.8 Å². The summed E-state index contributed by atoms with van der Waals surface area (Å²) >= 11 is 0. The molecule has 0 radical (unpaired) electrons. The fourth-order valence-corrected chi connectivity index (χ4v) is 3.95. The van der Waals surface area contributed by atoms with Crippen molar-refractivity contribution in [3.63, 3.8) is 0 Å². The van der Waals surface area contributed by atoms with E-state index >= 15 is 0 Å². The number of hydrogen-bond acceptors (Lipinski definition) is 3. The first-order chi connectivity index (χ1) is 11.8. The summed E-state index contributed by atoms with van der Waals surface area (Å²) in [6.07, 6.45) is 2.00. The molecule has 2 bridgehead atoms. The third-order valence-electron chi connectivity index (χ3n) is 5.14. The minimum Gasteiger partial charge on any atom is -0.445 e. The normalized spacial score (nSPS) is 25.2. The van der Waals surface area contributed by atoms with Crippen LogP contribution in [0.2, 0.25) is 0 Å². The van der Waals surface area contributed by atoms with E-state index in [0.29, 0.717) is 11.8 Å². The van der Waals surface area contributed by atoms with Crippen molar-refractivity contribution in [1.82, 2.24) is 5.32 Å². The number of para-hydroxylation sites is 1. The molecule has 2 N–H and O–H groups in total. The Hall–Kier alpha value is -2.33. The number of hydrogen-bond donors (Lipinski definition) is 2. The standard InChI is InChI=1S/C20H22N2O2/c23-20(24-19-15-10-11-16(19)13-21-12-15)22-18-9-5-4-8-17(18)14-6-2-1-3-7-14/h1-9,15-16,19,21H,10-13H2,(H,22,23). The zero-order chi connectivity index (χ0) is 16.4. The van der Waals surface area contributed by atoms with Crippen LogP contribution in [-0.4, -0.2) is 25.3 Å². The molecule has 1 heterocycles. The zero-order valence-corrected chi connectivity index (χ0v) is 13.6. The van der Waals surface area contributed by atoms with Gasteiger partial charge in [0, 0.05) is 30.5 Å². The smallest absolute Gasteiger partial charge is 0.411 e. The SMILES string of the molecule is O=C(Nc1ccccc1-c1ccccc1)OC1C2CCC1CNC2. The number of carbonyl (C=O) groups is 1. The highest BCUT2D eigenvalue weighted by atomic mass is 16.6. The van der Waals surface area contributed by atoms with E-state index < -0.39 is 0 Å². The van der Waals surface area contributed by atoms with Gasteiger partial charge in [0.15, 0.2) is 0 Å². The second-order valence-electron chi connectivity index (χ2n) is 6.66. The maximum atomic E-state index is 12.4. The van der Waals surface area contributed by atoms with E-state index in [9.17, 15) is 4.79 Å². The average Bonchev–Trinajstić information content (AvgIpc) is 2.83. The van der Waals surface area contributed by atoms with E-state index in [1.165, 1.54) is 0 Å². The van der Waals surface area contributed by atoms with Gasteiger partial charge in [-0.2, -0.15) is 0 Å². The van der Waals surface area contributed by atoms with Gasteiger partial charge in [-0.1, -0.05) is 48.5 Å². The monoisotopic (exact) mass is 322 g/mol. The van der Waals surface area contributed by atoms with Crippen molar-refractivity contribution in [2.24, 2.45) is 11.8 Å². The summed E-state index contributed by atoms with van der Waals surface area (Å²) < 4.78 is 5.78. The van der Waals surface area contributed by atoms with E-state index in [-0.39, 0.29) is 12.2 Å². The minimum absolute atomic E-state index is 0.0511. The van der Waals surface area contributed by atoms with Crippen molar-refractivity contribution < 1.29 is 9.53 Å². The van der Waals surface area contributed by atoms with Gasteiger partial charge in [-0.3, -0.25) is 5.32 Å². The van der Waals surface area contributed by atoms with Crippen molar-refractivity contribution in [1.29, 1.82) is 0 Å². The second-order valence-corrected chi connectivity index (χ2v) is 6.66. The van der Waals surface area contributed by atoms with Crippen LogP contribution < -0.4 is 10.6 Å². The number of fused-ring (bicyclic) bond motifs is 2. The first-order valence-electron chi connectivity index (χ1n) is 8.64. The lowest BCUT2D eigenvalue weighted by Gasteiger charge is -2.30. The Labute approximate surface area is 142 Å². The lowest BCUT2D eigenvalue weighted by atomic mass is 9.97. The quantitative estimate of drug-likeness (QED) is 0.901. The predicted octanol–water partition coefficient (Wildman–Crippen LogP) is 3.90. The largest absolute Gasteiger partial charge is 0.445 e. The number of benzene rings is 2. The summed E-state index contributed by atoms with van der Waals surface area (Å²) in [6, 6.07) is 17.9. The van der Waals surface area contributed by atoms with Crippen LogP contribution in [-0.2, 0) is 4.74 Å². The molecular weight excluding hydrogens is 300 g/mol. The molecule has 2 unspecified atom stereocenters. The average molecular weight is 322 g/mol. The predicted molar refractivity (Wildman–Crippen MR) is 94.9 cm³/mol. The number of anilines is 1. The number of rotatable bonds is 3. The lowest BCUT2D eigenvalue weighted by Crippen LogP contribution is -2.44. The summed E-state index contributed by atoms with van der Waals surface area (Å²) in [7, 11) is 0. The molecule has 0 spiro atoms. The molecule has 4 rings (SSSR count). The van der Waals surface area contributed by atoms with E-state index in [1.807, 2.05) is 54.6 Å². The summed E-state index contributed by atoms with van der Waals surface area (Å²) in [5.74, 6) is 0.915. The Morgan fingerprint density at radius 1 is 0.958 bits per heavy atom. The highest BCUT2D eigenvalue weighted by Gasteiger charge is 2.41. The maximum absolute atomic E-state index is 12.4. The van der Waals surface area contributed by atoms with Gasteiger partial charge < -0.3 is 10.1 Å². The molecule has 124 valence electrons. The van der Waals surface area contributed by atoms with Gasteiger partial charge in [-0.05, 0) is 24.5 Å². The Balaban J connectivity index is 1.49. The Morgan fingerprint density at radius 2 is 1.62 bits per heavy atom. The number of piperidine rings is 1. The highest BCUT2D eigenvalue weighted by molar-refractivity contribution is 5.91. The molecule has 0 aromatic heterocycles. The molecule has 24 heavy (non-hydrogen) atoms. The molecule has 1 amide bonds. The first-order valence-corrected chi connectivity index (χ1v) is 8.64. The molecule has 2 aromatic carbocycles. The molecular formula is C20H22N2O2. The molecule has 2 aliphatic rings. The summed E-state index contributed by atoms with van der Waals surface area (Å²) in [4.78, 5) is 12.4. The van der Waals surface area contributed by atoms with Crippen LogP contribution in [0.4, 0.5) is 10.5 Å². The van der Waals surface area contributed by atoms with E-state index in [1.54, 1.807) is 0 Å². The van der Waals surface area contributed by atoms with Crippen LogP contribution >= 0.6 is 0 Å². The van der Waals surface area contributed by atoms with Crippen LogP contribution in [0, 0.1) is 11.8 Å². The number of ether oxygens (including phenoxy) is 1.